The van der Waals surface area contributed by atoms with Crippen LogP contribution >= 0.6 is 11.3 Å². The summed E-state index contributed by atoms with van der Waals surface area (Å²) in [6, 6.07) is 9.85. The SMILES string of the molecule is CNC(=O)c1cccc(C)c1-c1cccs1. The van der Waals surface area contributed by atoms with Crippen molar-refractivity contribution in [2.24, 2.45) is 0 Å². The summed E-state index contributed by atoms with van der Waals surface area (Å²) in [5.41, 5.74) is 2.91. The van der Waals surface area contributed by atoms with Crippen LogP contribution in [0.25, 0.3) is 10.4 Å². The number of aryl methyl sites for hydroxylation is 1. The number of carbonyl (C=O) groups excluding carboxylic acids is 1. The lowest BCUT2D eigenvalue weighted by molar-refractivity contribution is 0.0963. The Kier molecular flexibility index (Phi) is 3.06. The van der Waals surface area contributed by atoms with Gasteiger partial charge in [0, 0.05) is 23.1 Å². The predicted octanol–water partition coefficient (Wildman–Crippen LogP) is 3.08. The highest BCUT2D eigenvalue weighted by Gasteiger charge is 2.13. The number of amides is 1. The Morgan fingerprint density at radius 1 is 1.25 bits per heavy atom. The van der Waals surface area contributed by atoms with E-state index in [4.69, 9.17) is 0 Å². The van der Waals surface area contributed by atoms with Gasteiger partial charge in [0.05, 0.1) is 0 Å². The Balaban J connectivity index is 2.62. The molecule has 1 heterocycles. The Morgan fingerprint density at radius 2 is 2.06 bits per heavy atom. The largest absolute Gasteiger partial charge is 0.355 e. The van der Waals surface area contributed by atoms with Crippen molar-refractivity contribution in [2.75, 3.05) is 7.05 Å². The number of hydrogen-bond donors (Lipinski definition) is 1. The minimum absolute atomic E-state index is 0.0351. The van der Waals surface area contributed by atoms with E-state index in [-0.39, 0.29) is 5.91 Å². The molecule has 1 amide bonds. The Labute approximate surface area is 98.9 Å². The first-order valence-corrected chi connectivity index (χ1v) is 5.97. The molecule has 2 aromatic rings. The quantitative estimate of drug-likeness (QED) is 0.845. The molecule has 82 valence electrons. The van der Waals surface area contributed by atoms with E-state index < -0.39 is 0 Å². The molecule has 0 saturated heterocycles. The van der Waals surface area contributed by atoms with E-state index in [1.165, 1.54) is 0 Å². The van der Waals surface area contributed by atoms with Crippen molar-refractivity contribution in [1.82, 2.24) is 5.32 Å². The smallest absolute Gasteiger partial charge is 0.251 e. The average molecular weight is 231 g/mol. The van der Waals surface area contributed by atoms with Crippen molar-refractivity contribution in [3.8, 4) is 10.4 Å². The summed E-state index contributed by atoms with van der Waals surface area (Å²) in [5, 5.41) is 4.70. The highest BCUT2D eigenvalue weighted by Crippen LogP contribution is 2.31. The van der Waals surface area contributed by atoms with Crippen LogP contribution in [-0.4, -0.2) is 13.0 Å². The highest BCUT2D eigenvalue weighted by molar-refractivity contribution is 7.13. The molecule has 16 heavy (non-hydrogen) atoms. The summed E-state index contributed by atoms with van der Waals surface area (Å²) < 4.78 is 0. The van der Waals surface area contributed by atoms with Crippen LogP contribution in [0.5, 0.6) is 0 Å². The van der Waals surface area contributed by atoms with Gasteiger partial charge in [-0.25, -0.2) is 0 Å². The van der Waals surface area contributed by atoms with Gasteiger partial charge in [-0.2, -0.15) is 0 Å². The number of thiophene rings is 1. The lowest BCUT2D eigenvalue weighted by Crippen LogP contribution is -2.18. The van der Waals surface area contributed by atoms with E-state index >= 15 is 0 Å². The zero-order valence-electron chi connectivity index (χ0n) is 9.28. The Hall–Kier alpha value is -1.61. The van der Waals surface area contributed by atoms with Crippen LogP contribution in [0.3, 0.4) is 0 Å². The molecule has 0 saturated carbocycles. The molecule has 1 aromatic carbocycles. The third-order valence-electron chi connectivity index (χ3n) is 2.51. The van der Waals surface area contributed by atoms with Crippen LogP contribution in [0.2, 0.25) is 0 Å². The normalized spacial score (nSPS) is 10.1. The Morgan fingerprint density at radius 3 is 2.69 bits per heavy atom. The number of hydrogen-bond acceptors (Lipinski definition) is 2. The summed E-state index contributed by atoms with van der Waals surface area (Å²) in [4.78, 5) is 12.9. The fourth-order valence-electron chi connectivity index (χ4n) is 1.74. The summed E-state index contributed by atoms with van der Waals surface area (Å²) >= 11 is 1.65. The van der Waals surface area contributed by atoms with Gasteiger partial charge in [0.25, 0.3) is 5.91 Å². The first-order chi connectivity index (χ1) is 7.74. The van der Waals surface area contributed by atoms with E-state index in [0.29, 0.717) is 0 Å². The van der Waals surface area contributed by atoms with Crippen molar-refractivity contribution < 1.29 is 4.79 Å². The molecular weight excluding hydrogens is 218 g/mol. The maximum absolute atomic E-state index is 11.8. The number of rotatable bonds is 2. The van der Waals surface area contributed by atoms with Gasteiger partial charge >= 0.3 is 0 Å². The molecule has 2 rings (SSSR count). The zero-order chi connectivity index (χ0) is 11.5. The molecule has 0 aliphatic heterocycles. The van der Waals surface area contributed by atoms with Crippen LogP contribution in [-0.2, 0) is 0 Å². The summed E-state index contributed by atoms with van der Waals surface area (Å²) in [7, 11) is 1.66. The second-order valence-corrected chi connectivity index (χ2v) is 4.50. The molecule has 0 bridgehead atoms. The van der Waals surface area contributed by atoms with Gasteiger partial charge in [-0.15, -0.1) is 11.3 Å². The number of nitrogens with one attached hydrogen (secondary N) is 1. The fraction of sp³-hybridized carbons (Fsp3) is 0.154. The maximum Gasteiger partial charge on any atom is 0.251 e. The monoisotopic (exact) mass is 231 g/mol. The highest BCUT2D eigenvalue weighted by atomic mass is 32.1. The second kappa shape index (κ2) is 4.49. The zero-order valence-corrected chi connectivity index (χ0v) is 10.1. The second-order valence-electron chi connectivity index (χ2n) is 3.55. The third kappa shape index (κ3) is 1.86. The minimum Gasteiger partial charge on any atom is -0.355 e. The van der Waals surface area contributed by atoms with Gasteiger partial charge in [0.1, 0.15) is 0 Å². The molecule has 0 fully saturated rings. The lowest BCUT2D eigenvalue weighted by Gasteiger charge is -2.09. The van der Waals surface area contributed by atoms with Crippen LogP contribution in [0, 0.1) is 6.92 Å². The van der Waals surface area contributed by atoms with Crippen molar-refractivity contribution in [2.45, 2.75) is 6.92 Å². The third-order valence-corrected chi connectivity index (χ3v) is 3.40. The van der Waals surface area contributed by atoms with Crippen molar-refractivity contribution in [3.63, 3.8) is 0 Å². The standard InChI is InChI=1S/C13H13NOS/c1-9-5-3-6-10(13(15)14-2)12(9)11-7-4-8-16-11/h3-8H,1-2H3,(H,14,15). The van der Waals surface area contributed by atoms with Gasteiger partial charge in [-0.1, -0.05) is 18.2 Å². The van der Waals surface area contributed by atoms with Gasteiger partial charge in [-0.3, -0.25) is 4.79 Å². The van der Waals surface area contributed by atoms with E-state index in [9.17, 15) is 4.79 Å². The van der Waals surface area contributed by atoms with Crippen molar-refractivity contribution >= 4 is 17.2 Å². The maximum atomic E-state index is 11.8. The molecule has 0 radical (unpaired) electrons. The predicted molar refractivity (Wildman–Crippen MR) is 67.9 cm³/mol. The van der Waals surface area contributed by atoms with Crippen LogP contribution < -0.4 is 5.32 Å². The summed E-state index contributed by atoms with van der Waals surface area (Å²) in [5.74, 6) is -0.0351. The molecule has 1 N–H and O–H groups in total. The van der Waals surface area contributed by atoms with E-state index in [1.54, 1.807) is 18.4 Å². The molecule has 0 aliphatic carbocycles. The van der Waals surface area contributed by atoms with E-state index in [1.807, 2.05) is 42.6 Å². The summed E-state index contributed by atoms with van der Waals surface area (Å²) in [6.45, 7) is 2.03. The summed E-state index contributed by atoms with van der Waals surface area (Å²) in [6.07, 6.45) is 0. The average Bonchev–Trinajstić information content (AvgIpc) is 2.81. The molecule has 2 nitrogen and oxygen atoms in total. The van der Waals surface area contributed by atoms with Gasteiger partial charge in [-0.05, 0) is 30.0 Å². The minimum atomic E-state index is -0.0351. The molecule has 1 aromatic heterocycles. The Bertz CT molecular complexity index is 503. The van der Waals surface area contributed by atoms with E-state index in [2.05, 4.69) is 5.32 Å². The topological polar surface area (TPSA) is 29.1 Å². The number of benzene rings is 1. The molecule has 0 atom stereocenters. The van der Waals surface area contributed by atoms with Crippen molar-refractivity contribution in [1.29, 1.82) is 0 Å². The lowest BCUT2D eigenvalue weighted by atomic mass is 10.00. The van der Waals surface area contributed by atoms with Crippen LogP contribution in [0.1, 0.15) is 15.9 Å². The van der Waals surface area contributed by atoms with Gasteiger partial charge in [0.15, 0.2) is 0 Å². The first kappa shape index (κ1) is 10.9. The fourth-order valence-corrected chi connectivity index (χ4v) is 2.59. The molecule has 0 unspecified atom stereocenters. The van der Waals surface area contributed by atoms with E-state index in [0.717, 1.165) is 21.6 Å². The molecule has 0 spiro atoms. The molecular formula is C13H13NOS. The number of carbonyl (C=O) groups is 1. The molecule has 0 aliphatic rings. The van der Waals surface area contributed by atoms with Gasteiger partial charge < -0.3 is 5.32 Å². The molecule has 3 heteroatoms. The van der Waals surface area contributed by atoms with Crippen LogP contribution in [0.4, 0.5) is 0 Å². The van der Waals surface area contributed by atoms with Gasteiger partial charge in [0.2, 0.25) is 0 Å². The van der Waals surface area contributed by atoms with Crippen LogP contribution in [0.15, 0.2) is 35.7 Å². The van der Waals surface area contributed by atoms with Crippen molar-refractivity contribution in [3.05, 3.63) is 46.8 Å². The first-order valence-electron chi connectivity index (χ1n) is 5.09.